The Bertz CT molecular complexity index is 401. The van der Waals surface area contributed by atoms with E-state index in [0.717, 1.165) is 5.56 Å². The molecular weight excluding hydrogens is 226 g/mol. The summed E-state index contributed by atoms with van der Waals surface area (Å²) < 4.78 is 0. The predicted molar refractivity (Wildman–Crippen MR) is 73.9 cm³/mol. The van der Waals surface area contributed by atoms with Crippen molar-refractivity contribution < 1.29 is 4.79 Å². The van der Waals surface area contributed by atoms with Crippen LogP contribution in [0.2, 0.25) is 0 Å². The maximum atomic E-state index is 11.7. The molecule has 0 aliphatic heterocycles. The van der Waals surface area contributed by atoms with Crippen molar-refractivity contribution in [2.24, 2.45) is 0 Å². The van der Waals surface area contributed by atoms with Gasteiger partial charge in [-0.1, -0.05) is 36.4 Å². The van der Waals surface area contributed by atoms with Gasteiger partial charge in [-0.15, -0.1) is 6.58 Å². The van der Waals surface area contributed by atoms with E-state index >= 15 is 0 Å². The predicted octanol–water partition coefficient (Wildman–Crippen LogP) is 2.30. The Morgan fingerprint density at radius 2 is 1.94 bits per heavy atom. The number of nitrogens with one attached hydrogen (secondary N) is 3. The number of hydrazine groups is 1. The summed E-state index contributed by atoms with van der Waals surface area (Å²) >= 11 is 0. The molecule has 2 amide bonds. The fraction of sp³-hybridized carbons (Fsp3) is 0.357. The molecule has 1 rings (SSSR count). The van der Waals surface area contributed by atoms with Gasteiger partial charge in [-0.25, -0.2) is 10.2 Å². The van der Waals surface area contributed by atoms with E-state index in [4.69, 9.17) is 0 Å². The summed E-state index contributed by atoms with van der Waals surface area (Å²) in [5.74, 6) is 0. The Labute approximate surface area is 108 Å². The Kier molecular flexibility index (Phi) is 4.92. The van der Waals surface area contributed by atoms with E-state index in [1.165, 1.54) is 0 Å². The first-order chi connectivity index (χ1) is 8.45. The number of amides is 2. The van der Waals surface area contributed by atoms with Crippen LogP contribution in [0, 0.1) is 0 Å². The van der Waals surface area contributed by atoms with Crippen LogP contribution in [0.3, 0.4) is 0 Å². The molecule has 0 aromatic heterocycles. The van der Waals surface area contributed by atoms with Crippen LogP contribution in [0.4, 0.5) is 4.79 Å². The van der Waals surface area contributed by atoms with Crippen LogP contribution in [0.5, 0.6) is 0 Å². The molecule has 4 heteroatoms. The molecule has 0 aliphatic carbocycles. The van der Waals surface area contributed by atoms with Crippen LogP contribution in [0.25, 0.3) is 0 Å². The van der Waals surface area contributed by atoms with Gasteiger partial charge in [-0.2, -0.15) is 0 Å². The van der Waals surface area contributed by atoms with Crippen LogP contribution in [-0.2, 0) is 5.54 Å². The largest absolute Gasteiger partial charge is 0.329 e. The number of carbonyl (C=O) groups excluding carboxylic acids is 1. The van der Waals surface area contributed by atoms with Gasteiger partial charge in [-0.05, 0) is 26.3 Å². The molecule has 0 aliphatic rings. The van der Waals surface area contributed by atoms with Gasteiger partial charge in [0.1, 0.15) is 0 Å². The summed E-state index contributed by atoms with van der Waals surface area (Å²) in [5, 5.41) is 2.91. The van der Waals surface area contributed by atoms with Crippen molar-refractivity contribution in [2.75, 3.05) is 0 Å². The molecule has 0 fully saturated rings. The Morgan fingerprint density at radius 1 is 1.33 bits per heavy atom. The minimum Gasteiger partial charge on any atom is -0.328 e. The SMILES string of the molecule is C=CC(C)NNC(=O)NC(C)(C)c1ccccc1. The van der Waals surface area contributed by atoms with Crippen molar-refractivity contribution >= 4 is 6.03 Å². The number of benzene rings is 1. The Morgan fingerprint density at radius 3 is 2.50 bits per heavy atom. The summed E-state index contributed by atoms with van der Waals surface area (Å²) in [6.45, 7) is 9.44. The first-order valence-corrected chi connectivity index (χ1v) is 5.97. The monoisotopic (exact) mass is 247 g/mol. The van der Waals surface area contributed by atoms with E-state index in [1.54, 1.807) is 6.08 Å². The Hall–Kier alpha value is -1.81. The number of urea groups is 1. The molecule has 0 spiro atoms. The molecule has 4 nitrogen and oxygen atoms in total. The number of rotatable bonds is 5. The lowest BCUT2D eigenvalue weighted by molar-refractivity contribution is 0.224. The van der Waals surface area contributed by atoms with Crippen LogP contribution < -0.4 is 16.2 Å². The molecule has 1 aromatic rings. The zero-order valence-corrected chi connectivity index (χ0v) is 11.2. The molecule has 1 aromatic carbocycles. The number of carbonyl (C=O) groups is 1. The van der Waals surface area contributed by atoms with Crippen molar-refractivity contribution in [1.82, 2.24) is 16.2 Å². The second-order valence-electron chi connectivity index (χ2n) is 4.74. The average Bonchev–Trinajstić information content (AvgIpc) is 2.36. The van der Waals surface area contributed by atoms with Gasteiger partial charge in [0.25, 0.3) is 0 Å². The van der Waals surface area contributed by atoms with Crippen LogP contribution in [0.1, 0.15) is 26.3 Å². The number of hydrogen-bond donors (Lipinski definition) is 3. The van der Waals surface area contributed by atoms with Gasteiger partial charge >= 0.3 is 6.03 Å². The lowest BCUT2D eigenvalue weighted by Gasteiger charge is -2.27. The molecule has 98 valence electrons. The van der Waals surface area contributed by atoms with Crippen molar-refractivity contribution in [3.05, 3.63) is 48.6 Å². The molecule has 0 saturated carbocycles. The topological polar surface area (TPSA) is 53.2 Å². The van der Waals surface area contributed by atoms with E-state index in [1.807, 2.05) is 51.1 Å². The molecule has 0 radical (unpaired) electrons. The first kappa shape index (κ1) is 14.3. The standard InChI is InChI=1S/C14H21N3O/c1-5-11(2)16-17-13(18)15-14(3,4)12-9-7-6-8-10-12/h5-11,16H,1H2,2-4H3,(H2,15,17,18). The Balaban J connectivity index is 2.55. The van der Waals surface area contributed by atoms with Gasteiger partial charge in [-0.3, -0.25) is 5.43 Å². The van der Waals surface area contributed by atoms with Gasteiger partial charge < -0.3 is 5.32 Å². The van der Waals surface area contributed by atoms with Crippen molar-refractivity contribution in [3.8, 4) is 0 Å². The first-order valence-electron chi connectivity index (χ1n) is 5.97. The smallest absolute Gasteiger partial charge is 0.328 e. The highest BCUT2D eigenvalue weighted by molar-refractivity contribution is 5.74. The third kappa shape index (κ3) is 4.22. The summed E-state index contributed by atoms with van der Waals surface area (Å²) in [6.07, 6.45) is 1.71. The summed E-state index contributed by atoms with van der Waals surface area (Å²) in [6, 6.07) is 9.59. The third-order valence-electron chi connectivity index (χ3n) is 2.69. The highest BCUT2D eigenvalue weighted by Gasteiger charge is 2.22. The maximum Gasteiger partial charge on any atom is 0.329 e. The molecule has 1 atom stereocenters. The summed E-state index contributed by atoms with van der Waals surface area (Å²) in [7, 11) is 0. The summed E-state index contributed by atoms with van der Waals surface area (Å²) in [5.41, 5.74) is 6.04. The minimum absolute atomic E-state index is 0.0237. The zero-order chi connectivity index (χ0) is 13.6. The van der Waals surface area contributed by atoms with E-state index in [2.05, 4.69) is 22.7 Å². The second kappa shape index (κ2) is 6.21. The third-order valence-corrected chi connectivity index (χ3v) is 2.69. The normalized spacial score (nSPS) is 12.6. The molecule has 1 unspecified atom stereocenters. The van der Waals surface area contributed by atoms with Crippen molar-refractivity contribution in [3.63, 3.8) is 0 Å². The van der Waals surface area contributed by atoms with Gasteiger partial charge in [0, 0.05) is 6.04 Å². The molecular formula is C14H21N3O. The molecule has 18 heavy (non-hydrogen) atoms. The lowest BCUT2D eigenvalue weighted by Crippen LogP contribution is -2.52. The van der Waals surface area contributed by atoms with Crippen LogP contribution in [-0.4, -0.2) is 12.1 Å². The fourth-order valence-electron chi connectivity index (χ4n) is 1.48. The van der Waals surface area contributed by atoms with Gasteiger partial charge in [0.05, 0.1) is 5.54 Å². The van der Waals surface area contributed by atoms with Gasteiger partial charge in [0.2, 0.25) is 0 Å². The second-order valence-corrected chi connectivity index (χ2v) is 4.74. The van der Waals surface area contributed by atoms with Gasteiger partial charge in [0.15, 0.2) is 0 Å². The quantitative estimate of drug-likeness (QED) is 0.552. The fourth-order valence-corrected chi connectivity index (χ4v) is 1.48. The molecule has 0 heterocycles. The van der Waals surface area contributed by atoms with Crippen LogP contribution >= 0.6 is 0 Å². The minimum atomic E-state index is -0.426. The van der Waals surface area contributed by atoms with Crippen LogP contribution in [0.15, 0.2) is 43.0 Å². The highest BCUT2D eigenvalue weighted by atomic mass is 16.2. The highest BCUT2D eigenvalue weighted by Crippen LogP contribution is 2.18. The number of hydrogen-bond acceptors (Lipinski definition) is 2. The molecule has 0 saturated heterocycles. The zero-order valence-electron chi connectivity index (χ0n) is 11.2. The maximum absolute atomic E-state index is 11.7. The molecule has 0 bridgehead atoms. The average molecular weight is 247 g/mol. The van der Waals surface area contributed by atoms with E-state index in [9.17, 15) is 4.79 Å². The molecule has 3 N–H and O–H groups in total. The van der Waals surface area contributed by atoms with Crippen molar-refractivity contribution in [1.29, 1.82) is 0 Å². The van der Waals surface area contributed by atoms with E-state index in [0.29, 0.717) is 0 Å². The van der Waals surface area contributed by atoms with E-state index in [-0.39, 0.29) is 12.1 Å². The lowest BCUT2D eigenvalue weighted by atomic mass is 9.95. The summed E-state index contributed by atoms with van der Waals surface area (Å²) in [4.78, 5) is 11.7. The van der Waals surface area contributed by atoms with E-state index < -0.39 is 5.54 Å². The van der Waals surface area contributed by atoms with Crippen molar-refractivity contribution in [2.45, 2.75) is 32.4 Å².